The molecule has 0 aliphatic carbocycles. The van der Waals surface area contributed by atoms with Gasteiger partial charge in [-0.15, -0.1) is 0 Å². The van der Waals surface area contributed by atoms with E-state index in [9.17, 15) is 13.2 Å². The highest BCUT2D eigenvalue weighted by Crippen LogP contribution is 2.27. The number of rotatable bonds is 5. The van der Waals surface area contributed by atoms with Crippen LogP contribution in [0.3, 0.4) is 0 Å². The monoisotopic (exact) mass is 373 g/mol. The highest BCUT2D eigenvalue weighted by molar-refractivity contribution is 7.89. The second-order valence-corrected chi connectivity index (χ2v) is 8.51. The van der Waals surface area contributed by atoms with E-state index < -0.39 is 22.0 Å². The number of ether oxygens (including phenoxy) is 1. The van der Waals surface area contributed by atoms with E-state index in [1.54, 1.807) is 24.3 Å². The zero-order valence-corrected chi connectivity index (χ0v) is 15.8. The Labute approximate surface area is 154 Å². The van der Waals surface area contributed by atoms with Crippen LogP contribution >= 0.6 is 0 Å². The molecule has 26 heavy (non-hydrogen) atoms. The van der Waals surface area contributed by atoms with Crippen LogP contribution in [0.2, 0.25) is 0 Å². The van der Waals surface area contributed by atoms with Crippen LogP contribution in [-0.4, -0.2) is 31.3 Å². The maximum Gasteiger partial charge on any atom is 0.324 e. The summed E-state index contributed by atoms with van der Waals surface area (Å²) >= 11 is 0. The third-order valence-electron chi connectivity index (χ3n) is 4.73. The summed E-state index contributed by atoms with van der Waals surface area (Å²) in [6.07, 6.45) is 1.13. The molecule has 0 amide bonds. The maximum atomic E-state index is 12.9. The molecular weight excluding hydrogens is 350 g/mol. The van der Waals surface area contributed by atoms with Gasteiger partial charge in [0.15, 0.2) is 0 Å². The lowest BCUT2D eigenvalue weighted by Gasteiger charge is -2.23. The van der Waals surface area contributed by atoms with E-state index in [0.717, 1.165) is 16.7 Å². The number of hydrogen-bond donors (Lipinski definition) is 0. The highest BCUT2D eigenvalue weighted by Gasteiger charge is 2.40. The van der Waals surface area contributed by atoms with Crippen molar-refractivity contribution in [2.45, 2.75) is 44.2 Å². The predicted molar refractivity (Wildman–Crippen MR) is 99.1 cm³/mol. The minimum atomic E-state index is -3.71. The molecule has 0 spiro atoms. The number of esters is 1. The second kappa shape index (κ2) is 7.60. The van der Waals surface area contributed by atoms with Crippen LogP contribution < -0.4 is 0 Å². The fourth-order valence-electron chi connectivity index (χ4n) is 3.13. The van der Waals surface area contributed by atoms with E-state index in [4.69, 9.17) is 4.74 Å². The standard InChI is InChI=1S/C20H23NO4S/c1-15-9-11-18(12-10-15)26(23,24)21-13-5-8-19(21)20(22)25-14-17-7-4-3-6-16(17)2/h3-4,6-7,9-12,19H,5,8,13-14H2,1-2H3/t19-/m0/s1. The summed E-state index contributed by atoms with van der Waals surface area (Å²) in [6.45, 7) is 4.34. The van der Waals surface area contributed by atoms with Gasteiger partial charge in [0.2, 0.25) is 10.0 Å². The number of hydrogen-bond acceptors (Lipinski definition) is 4. The molecule has 0 unspecified atom stereocenters. The molecule has 2 aromatic carbocycles. The van der Waals surface area contributed by atoms with Crippen LogP contribution in [0.15, 0.2) is 53.4 Å². The van der Waals surface area contributed by atoms with E-state index in [1.165, 1.54) is 4.31 Å². The van der Waals surface area contributed by atoms with Crippen molar-refractivity contribution in [2.75, 3.05) is 6.54 Å². The first-order valence-corrected chi connectivity index (χ1v) is 10.1. The molecule has 0 N–H and O–H groups in total. The Morgan fingerprint density at radius 1 is 1.12 bits per heavy atom. The minimum absolute atomic E-state index is 0.153. The van der Waals surface area contributed by atoms with Crippen LogP contribution in [0.4, 0.5) is 0 Å². The number of aryl methyl sites for hydroxylation is 2. The Morgan fingerprint density at radius 3 is 2.50 bits per heavy atom. The van der Waals surface area contributed by atoms with Gasteiger partial charge in [-0.3, -0.25) is 4.79 Å². The van der Waals surface area contributed by atoms with Gasteiger partial charge in [-0.1, -0.05) is 42.0 Å². The van der Waals surface area contributed by atoms with Gasteiger partial charge < -0.3 is 4.74 Å². The molecule has 1 aliphatic heterocycles. The van der Waals surface area contributed by atoms with Crippen LogP contribution in [0.1, 0.15) is 29.5 Å². The number of carbonyl (C=O) groups excluding carboxylic acids is 1. The van der Waals surface area contributed by atoms with Crippen molar-refractivity contribution >= 4 is 16.0 Å². The Hall–Kier alpha value is -2.18. The quantitative estimate of drug-likeness (QED) is 0.755. The van der Waals surface area contributed by atoms with Crippen molar-refractivity contribution in [1.29, 1.82) is 0 Å². The predicted octanol–water partition coefficient (Wildman–Crippen LogP) is 3.20. The van der Waals surface area contributed by atoms with E-state index >= 15 is 0 Å². The average Bonchev–Trinajstić information content (AvgIpc) is 3.12. The molecule has 2 aromatic rings. The average molecular weight is 373 g/mol. The van der Waals surface area contributed by atoms with Crippen molar-refractivity contribution in [3.05, 3.63) is 65.2 Å². The van der Waals surface area contributed by atoms with Gasteiger partial charge in [0.1, 0.15) is 12.6 Å². The summed E-state index contributed by atoms with van der Waals surface area (Å²) in [7, 11) is -3.71. The fraction of sp³-hybridized carbons (Fsp3) is 0.350. The number of nitrogens with zero attached hydrogens (tertiary/aromatic N) is 1. The van der Waals surface area contributed by atoms with Gasteiger partial charge in [-0.05, 0) is 49.9 Å². The lowest BCUT2D eigenvalue weighted by molar-refractivity contribution is -0.148. The van der Waals surface area contributed by atoms with Gasteiger partial charge in [0.25, 0.3) is 0 Å². The molecule has 1 atom stereocenters. The molecule has 0 bridgehead atoms. The van der Waals surface area contributed by atoms with Crippen LogP contribution in [0.25, 0.3) is 0 Å². The highest BCUT2D eigenvalue weighted by atomic mass is 32.2. The first-order valence-electron chi connectivity index (χ1n) is 8.69. The summed E-state index contributed by atoms with van der Waals surface area (Å²) in [5.41, 5.74) is 2.95. The first kappa shape index (κ1) is 18.6. The third-order valence-corrected chi connectivity index (χ3v) is 6.66. The molecule has 1 heterocycles. The molecule has 0 saturated carbocycles. The summed E-state index contributed by atoms with van der Waals surface area (Å²) in [6, 6.07) is 13.6. The summed E-state index contributed by atoms with van der Waals surface area (Å²) < 4.78 is 32.5. The van der Waals surface area contributed by atoms with Gasteiger partial charge in [-0.25, -0.2) is 8.42 Å². The van der Waals surface area contributed by atoms with E-state index in [0.29, 0.717) is 19.4 Å². The zero-order chi connectivity index (χ0) is 18.7. The zero-order valence-electron chi connectivity index (χ0n) is 15.0. The minimum Gasteiger partial charge on any atom is -0.460 e. The first-order chi connectivity index (χ1) is 12.4. The topological polar surface area (TPSA) is 63.7 Å². The summed E-state index contributed by atoms with van der Waals surface area (Å²) in [5.74, 6) is -0.485. The van der Waals surface area contributed by atoms with Crippen LogP contribution in [-0.2, 0) is 26.2 Å². The second-order valence-electron chi connectivity index (χ2n) is 6.62. The molecule has 138 valence electrons. The lowest BCUT2D eigenvalue weighted by atomic mass is 10.1. The van der Waals surface area contributed by atoms with Gasteiger partial charge in [-0.2, -0.15) is 4.31 Å². The van der Waals surface area contributed by atoms with Crippen molar-refractivity contribution in [3.63, 3.8) is 0 Å². The smallest absolute Gasteiger partial charge is 0.324 e. The number of carbonyl (C=O) groups is 1. The molecule has 1 aliphatic rings. The fourth-order valence-corrected chi connectivity index (χ4v) is 4.77. The Morgan fingerprint density at radius 2 is 1.81 bits per heavy atom. The van der Waals surface area contributed by atoms with Gasteiger partial charge in [0, 0.05) is 6.54 Å². The van der Waals surface area contributed by atoms with Crippen molar-refractivity contribution < 1.29 is 17.9 Å². The van der Waals surface area contributed by atoms with E-state index in [-0.39, 0.29) is 11.5 Å². The molecule has 0 aromatic heterocycles. The van der Waals surface area contributed by atoms with Gasteiger partial charge in [0.05, 0.1) is 4.90 Å². The SMILES string of the molecule is Cc1ccc(S(=O)(=O)N2CCC[C@H]2C(=O)OCc2ccccc2C)cc1. The molecule has 5 nitrogen and oxygen atoms in total. The molecule has 1 saturated heterocycles. The van der Waals surface area contributed by atoms with E-state index in [1.807, 2.05) is 38.1 Å². The Bertz CT molecular complexity index is 890. The number of benzene rings is 2. The molecule has 3 rings (SSSR count). The summed E-state index contributed by atoms with van der Waals surface area (Å²) in [4.78, 5) is 12.8. The molecule has 6 heteroatoms. The Kier molecular flexibility index (Phi) is 5.44. The van der Waals surface area contributed by atoms with Crippen molar-refractivity contribution in [3.8, 4) is 0 Å². The number of sulfonamides is 1. The third kappa shape index (κ3) is 3.81. The van der Waals surface area contributed by atoms with Crippen LogP contribution in [0, 0.1) is 13.8 Å². The Balaban J connectivity index is 1.74. The molecular formula is C20H23NO4S. The maximum absolute atomic E-state index is 12.9. The molecule has 0 radical (unpaired) electrons. The lowest BCUT2D eigenvalue weighted by Crippen LogP contribution is -2.41. The van der Waals surface area contributed by atoms with Crippen LogP contribution in [0.5, 0.6) is 0 Å². The van der Waals surface area contributed by atoms with E-state index in [2.05, 4.69) is 0 Å². The summed E-state index contributed by atoms with van der Waals surface area (Å²) in [5, 5.41) is 0. The van der Waals surface area contributed by atoms with Crippen molar-refractivity contribution in [2.24, 2.45) is 0 Å². The largest absolute Gasteiger partial charge is 0.460 e. The van der Waals surface area contributed by atoms with Crippen molar-refractivity contribution in [1.82, 2.24) is 4.31 Å². The molecule has 1 fully saturated rings. The van der Waals surface area contributed by atoms with Gasteiger partial charge >= 0.3 is 5.97 Å². The normalized spacial score (nSPS) is 18.0.